The van der Waals surface area contributed by atoms with Crippen LogP contribution in [0.25, 0.3) is 0 Å². The van der Waals surface area contributed by atoms with E-state index in [1.807, 2.05) is 0 Å². The predicted octanol–water partition coefficient (Wildman–Crippen LogP) is 3.56. The van der Waals surface area contributed by atoms with E-state index in [0.717, 1.165) is 0 Å². The number of benzene rings is 1. The average molecular weight is 412 g/mol. The van der Waals surface area contributed by atoms with Gasteiger partial charge in [-0.05, 0) is 49.1 Å². The molecule has 1 aromatic heterocycles. The highest BCUT2D eigenvalue weighted by Crippen LogP contribution is 2.46. The summed E-state index contributed by atoms with van der Waals surface area (Å²) in [6, 6.07) is 8.18. The minimum Gasteiger partial charge on any atom is -0.468 e. The van der Waals surface area contributed by atoms with Crippen molar-refractivity contribution < 1.29 is 32.2 Å². The third kappa shape index (κ3) is 5.44. The van der Waals surface area contributed by atoms with E-state index >= 15 is 0 Å². The van der Waals surface area contributed by atoms with Gasteiger partial charge in [0.15, 0.2) is 6.61 Å². The second-order valence-corrected chi connectivity index (χ2v) is 7.37. The summed E-state index contributed by atoms with van der Waals surface area (Å²) in [4.78, 5) is 16.3. The molecule has 0 unspecified atom stereocenters. The van der Waals surface area contributed by atoms with E-state index in [4.69, 9.17) is 0 Å². The number of rotatable bonds is 7. The molecule has 1 atom stereocenters. The Morgan fingerprint density at radius 3 is 2.48 bits per heavy atom. The summed E-state index contributed by atoms with van der Waals surface area (Å²) in [5.74, 6) is -1.07. The molecule has 0 bridgehead atoms. The second-order valence-electron chi connectivity index (χ2n) is 7.37. The van der Waals surface area contributed by atoms with Crippen LogP contribution in [0.2, 0.25) is 0 Å². The number of hydrogen-bond acceptors (Lipinski definition) is 4. The molecule has 1 amide bonds. The Labute approximate surface area is 164 Å². The van der Waals surface area contributed by atoms with Crippen molar-refractivity contribution in [2.75, 3.05) is 6.61 Å². The summed E-state index contributed by atoms with van der Waals surface area (Å²) < 4.78 is 54.7. The van der Waals surface area contributed by atoms with Crippen LogP contribution in [-0.4, -0.2) is 28.8 Å². The van der Waals surface area contributed by atoms with Crippen LogP contribution in [0, 0.1) is 5.82 Å². The van der Waals surface area contributed by atoms with E-state index in [1.165, 1.54) is 43.5 Å². The maximum Gasteiger partial charge on any atom is 0.422 e. The van der Waals surface area contributed by atoms with Gasteiger partial charge >= 0.3 is 6.18 Å². The van der Waals surface area contributed by atoms with Gasteiger partial charge in [-0.15, -0.1) is 0 Å². The molecule has 1 aromatic carbocycles. The van der Waals surface area contributed by atoms with Gasteiger partial charge in [0, 0.05) is 12.3 Å². The fourth-order valence-electron chi connectivity index (χ4n) is 3.09. The number of aliphatic hydroxyl groups is 1. The first-order valence-corrected chi connectivity index (χ1v) is 8.95. The SMILES string of the molecule is C[C@](O)(CC(=O)NC1(c2ccnc(OCC(F)(F)F)c2)CC1)c1ccc(F)cc1. The quantitative estimate of drug-likeness (QED) is 0.683. The molecule has 1 heterocycles. The van der Waals surface area contributed by atoms with Gasteiger partial charge in [-0.2, -0.15) is 13.2 Å². The lowest BCUT2D eigenvalue weighted by molar-refractivity contribution is -0.154. The van der Waals surface area contributed by atoms with E-state index in [0.29, 0.717) is 24.0 Å². The Bertz CT molecular complexity index is 878. The molecule has 2 aromatic rings. The Morgan fingerprint density at radius 1 is 1.24 bits per heavy atom. The van der Waals surface area contributed by atoms with Gasteiger partial charge in [-0.3, -0.25) is 4.79 Å². The normalized spacial score (nSPS) is 17.3. The Hall–Kier alpha value is -2.68. The molecule has 156 valence electrons. The van der Waals surface area contributed by atoms with Crippen LogP contribution in [0.3, 0.4) is 0 Å². The highest BCUT2D eigenvalue weighted by molar-refractivity contribution is 5.79. The first kappa shape index (κ1) is 21.0. The Kier molecular flexibility index (Phi) is 5.53. The van der Waals surface area contributed by atoms with Crippen LogP contribution in [0.4, 0.5) is 17.6 Å². The molecular formula is C20H20F4N2O3. The topological polar surface area (TPSA) is 71.5 Å². The molecule has 0 saturated heterocycles. The summed E-state index contributed by atoms with van der Waals surface area (Å²) in [5, 5.41) is 13.4. The third-order valence-electron chi connectivity index (χ3n) is 4.77. The number of aromatic nitrogens is 1. The van der Waals surface area contributed by atoms with E-state index in [1.54, 1.807) is 6.07 Å². The number of pyridine rings is 1. The number of carbonyl (C=O) groups is 1. The van der Waals surface area contributed by atoms with Gasteiger partial charge < -0.3 is 15.2 Å². The smallest absolute Gasteiger partial charge is 0.422 e. The highest BCUT2D eigenvalue weighted by Gasteiger charge is 2.46. The number of nitrogens with zero attached hydrogens (tertiary/aromatic N) is 1. The fraction of sp³-hybridized carbons (Fsp3) is 0.400. The first-order valence-electron chi connectivity index (χ1n) is 8.95. The third-order valence-corrected chi connectivity index (χ3v) is 4.77. The lowest BCUT2D eigenvalue weighted by Crippen LogP contribution is -2.39. The van der Waals surface area contributed by atoms with Gasteiger partial charge in [0.2, 0.25) is 11.8 Å². The van der Waals surface area contributed by atoms with Crippen molar-refractivity contribution in [3.05, 3.63) is 59.5 Å². The average Bonchev–Trinajstić information content (AvgIpc) is 3.40. The van der Waals surface area contributed by atoms with Crippen molar-refractivity contribution in [3.8, 4) is 5.88 Å². The second kappa shape index (κ2) is 7.62. The number of alkyl halides is 3. The van der Waals surface area contributed by atoms with Crippen molar-refractivity contribution in [3.63, 3.8) is 0 Å². The van der Waals surface area contributed by atoms with Crippen LogP contribution in [0.1, 0.15) is 37.3 Å². The molecule has 5 nitrogen and oxygen atoms in total. The van der Waals surface area contributed by atoms with Crippen molar-refractivity contribution >= 4 is 5.91 Å². The van der Waals surface area contributed by atoms with Gasteiger partial charge in [-0.25, -0.2) is 9.37 Å². The van der Waals surface area contributed by atoms with Gasteiger partial charge in [0.05, 0.1) is 17.6 Å². The van der Waals surface area contributed by atoms with Crippen LogP contribution in [0.5, 0.6) is 5.88 Å². The number of halogens is 4. The largest absolute Gasteiger partial charge is 0.468 e. The van der Waals surface area contributed by atoms with Crippen LogP contribution in [0.15, 0.2) is 42.6 Å². The Balaban J connectivity index is 1.66. The molecule has 0 spiro atoms. The lowest BCUT2D eigenvalue weighted by Gasteiger charge is -2.25. The molecule has 1 fully saturated rings. The molecular weight excluding hydrogens is 392 g/mol. The van der Waals surface area contributed by atoms with Gasteiger partial charge in [0.25, 0.3) is 0 Å². The summed E-state index contributed by atoms with van der Waals surface area (Å²) in [5.41, 5.74) is -1.26. The molecule has 2 N–H and O–H groups in total. The molecule has 3 rings (SSSR count). The molecule has 0 radical (unpaired) electrons. The van der Waals surface area contributed by atoms with Crippen LogP contribution < -0.4 is 10.1 Å². The zero-order chi connectivity index (χ0) is 21.3. The maximum atomic E-state index is 13.1. The minimum absolute atomic E-state index is 0.182. The van der Waals surface area contributed by atoms with Crippen LogP contribution in [-0.2, 0) is 15.9 Å². The summed E-state index contributed by atoms with van der Waals surface area (Å²) in [6.07, 6.45) is -2.22. The van der Waals surface area contributed by atoms with E-state index in [9.17, 15) is 27.5 Å². The van der Waals surface area contributed by atoms with Crippen molar-refractivity contribution in [1.29, 1.82) is 0 Å². The van der Waals surface area contributed by atoms with Crippen molar-refractivity contribution in [2.45, 2.75) is 43.5 Å². The van der Waals surface area contributed by atoms with Crippen molar-refractivity contribution in [1.82, 2.24) is 10.3 Å². The Morgan fingerprint density at radius 2 is 1.90 bits per heavy atom. The summed E-state index contributed by atoms with van der Waals surface area (Å²) in [7, 11) is 0. The zero-order valence-electron chi connectivity index (χ0n) is 15.6. The number of amides is 1. The number of hydrogen-bond donors (Lipinski definition) is 2. The van der Waals surface area contributed by atoms with Gasteiger partial charge in [-0.1, -0.05) is 12.1 Å². The first-order chi connectivity index (χ1) is 13.5. The number of ether oxygens (including phenoxy) is 1. The molecule has 1 aliphatic carbocycles. The molecule has 9 heteroatoms. The molecule has 1 saturated carbocycles. The lowest BCUT2D eigenvalue weighted by atomic mass is 9.92. The maximum absolute atomic E-state index is 13.1. The number of nitrogens with one attached hydrogen (secondary N) is 1. The number of carbonyl (C=O) groups excluding carboxylic acids is 1. The fourth-order valence-corrected chi connectivity index (χ4v) is 3.09. The standard InChI is InChI=1S/C20H20F4N2O3/c1-18(28,13-2-4-15(21)5-3-13)11-16(27)26-19(7-8-19)14-6-9-25-17(10-14)29-12-20(22,23)24/h2-6,9-10,28H,7-8,11-12H2,1H3,(H,26,27)/t18-/m0/s1. The van der Waals surface area contributed by atoms with Gasteiger partial charge in [0.1, 0.15) is 5.82 Å². The van der Waals surface area contributed by atoms with Crippen LogP contribution >= 0.6 is 0 Å². The summed E-state index contributed by atoms with van der Waals surface area (Å²) in [6.45, 7) is -0.00173. The molecule has 1 aliphatic rings. The van der Waals surface area contributed by atoms with Crippen molar-refractivity contribution in [2.24, 2.45) is 0 Å². The van der Waals surface area contributed by atoms with E-state index < -0.39 is 35.6 Å². The monoisotopic (exact) mass is 412 g/mol. The highest BCUT2D eigenvalue weighted by atomic mass is 19.4. The zero-order valence-corrected chi connectivity index (χ0v) is 15.6. The summed E-state index contributed by atoms with van der Waals surface area (Å²) >= 11 is 0. The molecule has 29 heavy (non-hydrogen) atoms. The predicted molar refractivity (Wildman–Crippen MR) is 95.4 cm³/mol. The van der Waals surface area contributed by atoms with E-state index in [-0.39, 0.29) is 12.3 Å². The minimum atomic E-state index is -4.48. The van der Waals surface area contributed by atoms with E-state index in [2.05, 4.69) is 15.0 Å². The molecule has 0 aliphatic heterocycles.